The second-order valence-electron chi connectivity index (χ2n) is 3.48. The third-order valence-corrected chi connectivity index (χ3v) is 2.15. The van der Waals surface area contributed by atoms with Crippen molar-refractivity contribution in [1.82, 2.24) is 0 Å². The Labute approximate surface area is 110 Å². The molecule has 2 N–H and O–H groups in total. The SMILES string of the molecule is CCOC(=O)Nc1cc(C=CC(=O)O)ccc1OC. The van der Waals surface area contributed by atoms with Gasteiger partial charge in [-0.3, -0.25) is 5.32 Å². The van der Waals surface area contributed by atoms with E-state index in [1.807, 2.05) is 0 Å². The van der Waals surface area contributed by atoms with E-state index < -0.39 is 12.1 Å². The van der Waals surface area contributed by atoms with Crippen molar-refractivity contribution in [2.75, 3.05) is 19.0 Å². The van der Waals surface area contributed by atoms with Crippen LogP contribution in [0.15, 0.2) is 24.3 Å². The molecule has 0 saturated carbocycles. The van der Waals surface area contributed by atoms with Crippen molar-refractivity contribution in [3.05, 3.63) is 29.8 Å². The van der Waals surface area contributed by atoms with Crippen LogP contribution in [0.5, 0.6) is 5.75 Å². The fraction of sp³-hybridized carbons (Fsp3) is 0.231. The molecule has 19 heavy (non-hydrogen) atoms. The minimum absolute atomic E-state index is 0.257. The van der Waals surface area contributed by atoms with Gasteiger partial charge in [-0.1, -0.05) is 6.07 Å². The minimum Gasteiger partial charge on any atom is -0.495 e. The van der Waals surface area contributed by atoms with Gasteiger partial charge < -0.3 is 14.6 Å². The van der Waals surface area contributed by atoms with E-state index in [1.54, 1.807) is 25.1 Å². The van der Waals surface area contributed by atoms with Gasteiger partial charge in [0.05, 0.1) is 19.4 Å². The molecule has 0 aliphatic rings. The average Bonchev–Trinajstić information content (AvgIpc) is 2.36. The quantitative estimate of drug-likeness (QED) is 0.798. The normalized spacial score (nSPS) is 10.2. The number of carbonyl (C=O) groups excluding carboxylic acids is 1. The zero-order chi connectivity index (χ0) is 14.3. The first-order valence-corrected chi connectivity index (χ1v) is 5.59. The minimum atomic E-state index is -1.05. The number of carbonyl (C=O) groups is 2. The molecule has 0 heterocycles. The Kier molecular flexibility index (Phi) is 5.40. The summed E-state index contributed by atoms with van der Waals surface area (Å²) in [6.45, 7) is 1.95. The van der Waals surface area contributed by atoms with Crippen molar-refractivity contribution >= 4 is 23.8 Å². The highest BCUT2D eigenvalue weighted by atomic mass is 16.5. The maximum absolute atomic E-state index is 11.4. The summed E-state index contributed by atoms with van der Waals surface area (Å²) in [4.78, 5) is 21.8. The summed E-state index contributed by atoms with van der Waals surface area (Å²) >= 11 is 0. The molecule has 0 spiro atoms. The lowest BCUT2D eigenvalue weighted by Gasteiger charge is -2.10. The molecule has 0 fully saturated rings. The van der Waals surface area contributed by atoms with E-state index in [4.69, 9.17) is 14.6 Å². The number of carboxylic acids is 1. The van der Waals surface area contributed by atoms with Crippen LogP contribution in [0.1, 0.15) is 12.5 Å². The lowest BCUT2D eigenvalue weighted by molar-refractivity contribution is -0.131. The first-order chi connectivity index (χ1) is 9.06. The summed E-state index contributed by atoms with van der Waals surface area (Å²) in [5.41, 5.74) is 1.03. The maximum atomic E-state index is 11.4. The number of anilines is 1. The van der Waals surface area contributed by atoms with E-state index in [0.717, 1.165) is 6.08 Å². The molecular formula is C13H15NO5. The molecule has 0 atom stereocenters. The number of hydrogen-bond donors (Lipinski definition) is 2. The lowest BCUT2D eigenvalue weighted by Crippen LogP contribution is -2.14. The van der Waals surface area contributed by atoms with Crippen molar-refractivity contribution in [2.24, 2.45) is 0 Å². The Hall–Kier alpha value is -2.50. The van der Waals surface area contributed by atoms with Crippen LogP contribution in [0, 0.1) is 0 Å². The zero-order valence-corrected chi connectivity index (χ0v) is 10.7. The molecule has 1 aromatic rings. The number of hydrogen-bond acceptors (Lipinski definition) is 4. The van der Waals surface area contributed by atoms with Gasteiger partial charge in [0, 0.05) is 6.08 Å². The summed E-state index contributed by atoms with van der Waals surface area (Å²) in [5.74, 6) is -0.587. The maximum Gasteiger partial charge on any atom is 0.411 e. The third-order valence-electron chi connectivity index (χ3n) is 2.15. The topological polar surface area (TPSA) is 84.9 Å². The molecule has 1 rings (SSSR count). The Morgan fingerprint density at radius 3 is 2.74 bits per heavy atom. The second-order valence-corrected chi connectivity index (χ2v) is 3.48. The Balaban J connectivity index is 2.95. The number of carboxylic acid groups (broad SMARTS) is 1. The fourth-order valence-electron chi connectivity index (χ4n) is 1.37. The molecule has 0 aliphatic carbocycles. The molecule has 0 saturated heterocycles. The molecule has 0 bridgehead atoms. The van der Waals surface area contributed by atoms with Gasteiger partial charge in [-0.15, -0.1) is 0 Å². The van der Waals surface area contributed by atoms with Crippen LogP contribution in [-0.4, -0.2) is 30.9 Å². The van der Waals surface area contributed by atoms with Gasteiger partial charge >= 0.3 is 12.1 Å². The van der Waals surface area contributed by atoms with Crippen LogP contribution in [0.2, 0.25) is 0 Å². The largest absolute Gasteiger partial charge is 0.495 e. The molecule has 6 nitrogen and oxygen atoms in total. The van der Waals surface area contributed by atoms with E-state index in [1.165, 1.54) is 13.2 Å². The summed E-state index contributed by atoms with van der Waals surface area (Å²) in [6, 6.07) is 4.90. The zero-order valence-electron chi connectivity index (χ0n) is 10.7. The van der Waals surface area contributed by atoms with E-state index in [9.17, 15) is 9.59 Å². The van der Waals surface area contributed by atoms with Gasteiger partial charge in [0.2, 0.25) is 0 Å². The van der Waals surface area contributed by atoms with Crippen molar-refractivity contribution in [3.8, 4) is 5.75 Å². The van der Waals surface area contributed by atoms with Crippen LogP contribution in [0.3, 0.4) is 0 Å². The highest BCUT2D eigenvalue weighted by Gasteiger charge is 2.08. The molecule has 0 aromatic heterocycles. The highest BCUT2D eigenvalue weighted by molar-refractivity contribution is 5.89. The summed E-state index contributed by atoms with van der Waals surface area (Å²) in [6.07, 6.45) is 1.83. The predicted octanol–water partition coefficient (Wildman–Crippen LogP) is 2.36. The first-order valence-electron chi connectivity index (χ1n) is 5.59. The van der Waals surface area contributed by atoms with Crippen LogP contribution >= 0.6 is 0 Å². The van der Waals surface area contributed by atoms with E-state index in [-0.39, 0.29) is 6.61 Å². The average molecular weight is 265 g/mol. The number of methoxy groups -OCH3 is 1. The molecule has 102 valence electrons. The smallest absolute Gasteiger partial charge is 0.411 e. The summed E-state index contributed by atoms with van der Waals surface area (Å²) in [7, 11) is 1.47. The Morgan fingerprint density at radius 2 is 2.16 bits per heavy atom. The Morgan fingerprint density at radius 1 is 1.42 bits per heavy atom. The fourth-order valence-corrected chi connectivity index (χ4v) is 1.37. The number of amides is 1. The van der Waals surface area contributed by atoms with Gasteiger partial charge in [-0.25, -0.2) is 9.59 Å². The molecule has 6 heteroatoms. The van der Waals surface area contributed by atoms with E-state index in [0.29, 0.717) is 17.0 Å². The summed E-state index contributed by atoms with van der Waals surface area (Å²) in [5, 5.41) is 11.1. The predicted molar refractivity (Wildman–Crippen MR) is 70.3 cm³/mol. The van der Waals surface area contributed by atoms with Gasteiger partial charge in [0.15, 0.2) is 0 Å². The summed E-state index contributed by atoms with van der Waals surface area (Å²) < 4.78 is 9.86. The number of aliphatic carboxylic acids is 1. The Bertz CT molecular complexity index is 496. The highest BCUT2D eigenvalue weighted by Crippen LogP contribution is 2.26. The van der Waals surface area contributed by atoms with Crippen molar-refractivity contribution in [2.45, 2.75) is 6.92 Å². The molecule has 0 aliphatic heterocycles. The van der Waals surface area contributed by atoms with E-state index >= 15 is 0 Å². The number of benzene rings is 1. The van der Waals surface area contributed by atoms with Gasteiger partial charge in [0.1, 0.15) is 5.75 Å². The lowest BCUT2D eigenvalue weighted by atomic mass is 10.1. The molecule has 1 amide bonds. The van der Waals surface area contributed by atoms with Crippen molar-refractivity contribution < 1.29 is 24.2 Å². The van der Waals surface area contributed by atoms with Crippen LogP contribution < -0.4 is 10.1 Å². The van der Waals surface area contributed by atoms with Gasteiger partial charge in [-0.05, 0) is 30.7 Å². The van der Waals surface area contributed by atoms with Crippen molar-refractivity contribution in [1.29, 1.82) is 0 Å². The van der Waals surface area contributed by atoms with Crippen LogP contribution in [-0.2, 0) is 9.53 Å². The monoisotopic (exact) mass is 265 g/mol. The standard InChI is InChI=1S/C13H15NO5/c1-3-19-13(17)14-10-8-9(5-7-12(15)16)4-6-11(10)18-2/h4-8H,3H2,1-2H3,(H,14,17)(H,15,16). The first kappa shape index (κ1) is 14.6. The number of ether oxygens (including phenoxy) is 2. The van der Waals surface area contributed by atoms with Crippen LogP contribution in [0.4, 0.5) is 10.5 Å². The molecule has 1 aromatic carbocycles. The molecule has 0 unspecified atom stereocenters. The van der Waals surface area contributed by atoms with Gasteiger partial charge in [0.25, 0.3) is 0 Å². The molecule has 0 radical (unpaired) electrons. The number of rotatable bonds is 5. The van der Waals surface area contributed by atoms with Crippen molar-refractivity contribution in [3.63, 3.8) is 0 Å². The number of nitrogens with one attached hydrogen (secondary N) is 1. The van der Waals surface area contributed by atoms with E-state index in [2.05, 4.69) is 5.32 Å². The second kappa shape index (κ2) is 7.05. The van der Waals surface area contributed by atoms with Crippen LogP contribution in [0.25, 0.3) is 6.08 Å². The third kappa shape index (κ3) is 4.71. The van der Waals surface area contributed by atoms with Gasteiger partial charge in [-0.2, -0.15) is 0 Å². The molecular weight excluding hydrogens is 250 g/mol.